The summed E-state index contributed by atoms with van der Waals surface area (Å²) in [5, 5.41) is 8.31. The van der Waals surface area contributed by atoms with Crippen LogP contribution in [0.1, 0.15) is 99.3 Å². The Labute approximate surface area is 232 Å². The second-order valence-corrected chi connectivity index (χ2v) is 12.4. The Hall–Kier alpha value is -2.85. The van der Waals surface area contributed by atoms with Gasteiger partial charge in [-0.05, 0) is 51.9 Å². The summed E-state index contributed by atoms with van der Waals surface area (Å²) in [4.78, 5) is 62.7. The van der Waals surface area contributed by atoms with Crippen molar-refractivity contribution in [3.05, 3.63) is 0 Å². The van der Waals surface area contributed by atoms with E-state index in [1.54, 1.807) is 34.6 Å². The molecule has 0 spiro atoms. The van der Waals surface area contributed by atoms with Gasteiger partial charge < -0.3 is 31.2 Å². The maximum atomic E-state index is 13.5. The molecule has 11 heteroatoms. The van der Waals surface area contributed by atoms with Crippen LogP contribution < -0.4 is 21.7 Å². The molecular formula is C28H48N4O7. The van der Waals surface area contributed by atoms with Crippen LogP contribution in [0.25, 0.3) is 0 Å². The zero-order chi connectivity index (χ0) is 29.3. The molecule has 1 heterocycles. The largest absolute Gasteiger partial charge is 0.460 e. The van der Waals surface area contributed by atoms with E-state index in [4.69, 9.17) is 15.2 Å². The Morgan fingerprint density at radius 2 is 1.67 bits per heavy atom. The summed E-state index contributed by atoms with van der Waals surface area (Å²) in [6, 6.07) is -2.41. The molecule has 2 aliphatic rings. The van der Waals surface area contributed by atoms with Gasteiger partial charge in [0, 0.05) is 6.42 Å². The molecule has 1 aliphatic carbocycles. The summed E-state index contributed by atoms with van der Waals surface area (Å²) in [6.07, 6.45) is 5.47. The Balaban J connectivity index is 2.15. The Morgan fingerprint density at radius 1 is 1.03 bits per heavy atom. The van der Waals surface area contributed by atoms with Gasteiger partial charge in [0.1, 0.15) is 23.8 Å². The molecule has 5 N–H and O–H groups in total. The summed E-state index contributed by atoms with van der Waals surface area (Å²) in [7, 11) is 0. The second-order valence-electron chi connectivity index (χ2n) is 12.4. The van der Waals surface area contributed by atoms with Crippen LogP contribution in [-0.2, 0) is 28.7 Å². The minimum Gasteiger partial charge on any atom is -0.460 e. The number of cyclic esters (lactones) is 1. The molecule has 0 aromatic rings. The van der Waals surface area contributed by atoms with Crippen LogP contribution in [0.3, 0.4) is 0 Å². The lowest BCUT2D eigenvalue weighted by Crippen LogP contribution is -2.58. The maximum Gasteiger partial charge on any atom is 0.408 e. The molecule has 11 nitrogen and oxygen atoms in total. The molecule has 2 rings (SSSR count). The summed E-state index contributed by atoms with van der Waals surface area (Å²) >= 11 is 0. The molecule has 0 radical (unpaired) electrons. The van der Waals surface area contributed by atoms with Crippen molar-refractivity contribution >= 4 is 29.8 Å². The number of esters is 1. The van der Waals surface area contributed by atoms with Gasteiger partial charge in [0.15, 0.2) is 0 Å². The van der Waals surface area contributed by atoms with Gasteiger partial charge in [-0.25, -0.2) is 4.79 Å². The lowest BCUT2D eigenvalue weighted by molar-refractivity contribution is -0.146. The third-order valence-corrected chi connectivity index (χ3v) is 7.28. The van der Waals surface area contributed by atoms with E-state index in [1.165, 1.54) is 6.42 Å². The number of amides is 4. The average molecular weight is 553 g/mol. The van der Waals surface area contributed by atoms with Gasteiger partial charge in [-0.2, -0.15) is 0 Å². The summed E-state index contributed by atoms with van der Waals surface area (Å²) in [5.41, 5.74) is 4.48. The van der Waals surface area contributed by atoms with Crippen LogP contribution in [0.15, 0.2) is 0 Å². The smallest absolute Gasteiger partial charge is 0.408 e. The van der Waals surface area contributed by atoms with Crippen molar-refractivity contribution < 1.29 is 33.4 Å². The van der Waals surface area contributed by atoms with Crippen LogP contribution >= 0.6 is 0 Å². The zero-order valence-corrected chi connectivity index (χ0v) is 24.3. The van der Waals surface area contributed by atoms with Gasteiger partial charge in [-0.1, -0.05) is 52.9 Å². The molecule has 1 aliphatic heterocycles. The molecule has 4 amide bonds. The zero-order valence-electron chi connectivity index (χ0n) is 24.3. The summed E-state index contributed by atoms with van der Waals surface area (Å²) < 4.78 is 10.9. The number of hydrogen-bond donors (Lipinski definition) is 4. The fraction of sp³-hybridized carbons (Fsp3) is 0.821. The Kier molecular flexibility index (Phi) is 12.0. The fourth-order valence-corrected chi connectivity index (χ4v) is 5.16. The fourth-order valence-electron chi connectivity index (χ4n) is 5.16. The van der Waals surface area contributed by atoms with E-state index in [-0.39, 0.29) is 42.6 Å². The van der Waals surface area contributed by atoms with Crippen LogP contribution in [0.5, 0.6) is 0 Å². The second kappa shape index (κ2) is 14.5. The number of alkyl carbamates (subject to hydrolysis) is 1. The van der Waals surface area contributed by atoms with E-state index in [2.05, 4.69) is 16.0 Å². The van der Waals surface area contributed by atoms with Crippen molar-refractivity contribution in [3.8, 4) is 0 Å². The predicted molar refractivity (Wildman–Crippen MR) is 145 cm³/mol. The van der Waals surface area contributed by atoms with Crippen molar-refractivity contribution in [2.45, 2.75) is 129 Å². The lowest BCUT2D eigenvalue weighted by Gasteiger charge is -2.32. The first-order valence-electron chi connectivity index (χ1n) is 14.2. The number of carbonyl (C=O) groups is 5. The highest BCUT2D eigenvalue weighted by Crippen LogP contribution is 2.32. The molecule has 39 heavy (non-hydrogen) atoms. The third-order valence-electron chi connectivity index (χ3n) is 7.28. The number of nitrogens with one attached hydrogen (secondary N) is 3. The van der Waals surface area contributed by atoms with Crippen molar-refractivity contribution in [1.82, 2.24) is 16.0 Å². The van der Waals surface area contributed by atoms with Gasteiger partial charge in [-0.15, -0.1) is 0 Å². The summed E-state index contributed by atoms with van der Waals surface area (Å²) in [5.74, 6) is -1.98. The SMILES string of the molecule is CC(C)[C@H](NC(=O)[C@H](CCC(N)=O)NC(=O)OC(C)(C)C)C(=O)N[C@@H](CC1CCCCC1)[C@@H]1C[C@@H](C)C(=O)O1. The highest BCUT2D eigenvalue weighted by molar-refractivity contribution is 5.92. The molecule has 0 aromatic carbocycles. The van der Waals surface area contributed by atoms with Crippen molar-refractivity contribution in [1.29, 1.82) is 0 Å². The van der Waals surface area contributed by atoms with Crippen LogP contribution in [0.2, 0.25) is 0 Å². The topological polar surface area (TPSA) is 166 Å². The van der Waals surface area contributed by atoms with E-state index < -0.39 is 41.7 Å². The molecule has 0 unspecified atom stereocenters. The third kappa shape index (κ3) is 11.0. The van der Waals surface area contributed by atoms with Gasteiger partial charge in [0.2, 0.25) is 17.7 Å². The van der Waals surface area contributed by atoms with Crippen molar-refractivity contribution in [2.75, 3.05) is 0 Å². The number of hydrogen-bond acceptors (Lipinski definition) is 7. The standard InChI is InChI=1S/C28H48N4O7/c1-16(2)23(32-24(34)19(12-13-22(29)33)31-27(37)39-28(4,5)6)25(35)30-20(15-18-10-8-7-9-11-18)21-14-17(3)26(36)38-21/h16-21,23H,7-15H2,1-6H3,(H2,29,33)(H,30,35)(H,31,37)(H,32,34)/t17-,19+,20+,21+,23+/m1/s1. The van der Waals surface area contributed by atoms with Crippen molar-refractivity contribution in [3.63, 3.8) is 0 Å². The molecule has 2 fully saturated rings. The first-order valence-corrected chi connectivity index (χ1v) is 14.2. The van der Waals surface area contributed by atoms with Gasteiger partial charge >= 0.3 is 12.1 Å². The Bertz CT molecular complexity index is 880. The highest BCUT2D eigenvalue weighted by atomic mass is 16.6. The van der Waals surface area contributed by atoms with Gasteiger partial charge in [0.05, 0.1) is 12.0 Å². The van der Waals surface area contributed by atoms with Crippen molar-refractivity contribution in [2.24, 2.45) is 23.5 Å². The quantitative estimate of drug-likeness (QED) is 0.270. The van der Waals surface area contributed by atoms with E-state index >= 15 is 0 Å². The molecule has 0 aromatic heterocycles. The normalized spacial score (nSPS) is 22.4. The van der Waals surface area contributed by atoms with Crippen LogP contribution in [-0.4, -0.2) is 59.6 Å². The van der Waals surface area contributed by atoms with E-state index in [0.717, 1.165) is 25.7 Å². The minimum absolute atomic E-state index is 0.0485. The average Bonchev–Trinajstić information content (AvgIpc) is 3.16. The maximum absolute atomic E-state index is 13.5. The molecule has 5 atom stereocenters. The summed E-state index contributed by atoms with van der Waals surface area (Å²) in [6.45, 7) is 10.5. The Morgan fingerprint density at radius 3 is 2.18 bits per heavy atom. The minimum atomic E-state index is -1.13. The molecule has 1 saturated heterocycles. The number of carbonyl (C=O) groups excluding carboxylic acids is 5. The number of rotatable bonds is 12. The first-order chi connectivity index (χ1) is 18.2. The monoisotopic (exact) mass is 552 g/mol. The molecule has 0 bridgehead atoms. The number of primary amides is 1. The van der Waals surface area contributed by atoms with Gasteiger partial charge in [-0.3, -0.25) is 19.2 Å². The van der Waals surface area contributed by atoms with Crippen LogP contribution in [0, 0.1) is 17.8 Å². The van der Waals surface area contributed by atoms with Crippen LogP contribution in [0.4, 0.5) is 4.79 Å². The highest BCUT2D eigenvalue weighted by Gasteiger charge is 2.39. The molecule has 1 saturated carbocycles. The molecular weight excluding hydrogens is 504 g/mol. The first kappa shape index (κ1) is 32.4. The van der Waals surface area contributed by atoms with E-state index in [1.807, 2.05) is 6.92 Å². The lowest BCUT2D eigenvalue weighted by atomic mass is 9.83. The van der Waals surface area contributed by atoms with E-state index in [9.17, 15) is 24.0 Å². The molecule has 222 valence electrons. The van der Waals surface area contributed by atoms with Gasteiger partial charge in [0.25, 0.3) is 0 Å². The number of nitrogens with two attached hydrogens (primary N) is 1. The number of ether oxygens (including phenoxy) is 2. The van der Waals surface area contributed by atoms with E-state index in [0.29, 0.717) is 18.8 Å². The predicted octanol–water partition coefficient (Wildman–Crippen LogP) is 2.69.